The summed E-state index contributed by atoms with van der Waals surface area (Å²) in [6, 6.07) is 12.6. The number of carbonyl (C=O) groups is 1. The van der Waals surface area contributed by atoms with Gasteiger partial charge in [0.15, 0.2) is 0 Å². The summed E-state index contributed by atoms with van der Waals surface area (Å²) < 4.78 is 27.9. The Labute approximate surface area is 183 Å². The van der Waals surface area contributed by atoms with Crippen molar-refractivity contribution in [1.82, 2.24) is 9.62 Å². The van der Waals surface area contributed by atoms with Gasteiger partial charge in [0.05, 0.1) is 11.1 Å². The summed E-state index contributed by atoms with van der Waals surface area (Å²) in [4.78, 5) is 13.0. The number of hydrogen-bond donors (Lipinski definition) is 1. The first-order valence-electron chi connectivity index (χ1n) is 10.7. The van der Waals surface area contributed by atoms with Gasteiger partial charge in [-0.15, -0.1) is 0 Å². The molecule has 30 heavy (non-hydrogen) atoms. The van der Waals surface area contributed by atoms with E-state index in [9.17, 15) is 13.2 Å². The molecule has 1 amide bonds. The molecule has 0 bridgehead atoms. The van der Waals surface area contributed by atoms with Crippen molar-refractivity contribution in [3.05, 3.63) is 64.2 Å². The lowest BCUT2D eigenvalue weighted by molar-refractivity contribution is 0.0932. The van der Waals surface area contributed by atoms with Crippen molar-refractivity contribution < 1.29 is 13.2 Å². The Bertz CT molecular complexity index is 1030. The Hall–Kier alpha value is -1.89. The van der Waals surface area contributed by atoms with Crippen molar-refractivity contribution in [2.24, 2.45) is 0 Å². The molecule has 4 rings (SSSR count). The highest BCUT2D eigenvalue weighted by Crippen LogP contribution is 2.31. The van der Waals surface area contributed by atoms with Gasteiger partial charge in [-0.25, -0.2) is 8.42 Å². The summed E-state index contributed by atoms with van der Waals surface area (Å²) in [7, 11) is -3.73. The van der Waals surface area contributed by atoms with Gasteiger partial charge < -0.3 is 5.32 Å². The maximum Gasteiger partial charge on any atom is 0.251 e. The molecule has 2 aliphatic rings. The average Bonchev–Trinajstić information content (AvgIpc) is 3.04. The average molecular weight is 447 g/mol. The van der Waals surface area contributed by atoms with E-state index in [2.05, 4.69) is 17.4 Å². The number of benzene rings is 2. The van der Waals surface area contributed by atoms with E-state index in [4.69, 9.17) is 11.6 Å². The summed E-state index contributed by atoms with van der Waals surface area (Å²) >= 11 is 6.27. The molecule has 1 saturated heterocycles. The molecule has 1 fully saturated rings. The second-order valence-electron chi connectivity index (χ2n) is 8.08. The number of fused-ring (bicyclic) bond motifs is 1. The molecule has 0 unspecified atom stereocenters. The highest BCUT2D eigenvalue weighted by Gasteiger charge is 2.29. The molecule has 160 valence electrons. The minimum absolute atomic E-state index is 0.0164. The monoisotopic (exact) mass is 446 g/mol. The largest absolute Gasteiger partial charge is 0.345 e. The molecule has 0 saturated carbocycles. The number of hydrogen-bond acceptors (Lipinski definition) is 3. The fourth-order valence-electron chi connectivity index (χ4n) is 4.41. The minimum Gasteiger partial charge on any atom is -0.345 e. The van der Waals surface area contributed by atoms with E-state index in [0.717, 1.165) is 50.5 Å². The van der Waals surface area contributed by atoms with E-state index in [1.165, 1.54) is 22.0 Å². The number of amides is 1. The van der Waals surface area contributed by atoms with Gasteiger partial charge in [0, 0.05) is 18.7 Å². The van der Waals surface area contributed by atoms with E-state index in [-0.39, 0.29) is 21.9 Å². The van der Waals surface area contributed by atoms with Crippen LogP contribution in [0.5, 0.6) is 0 Å². The summed E-state index contributed by atoms with van der Waals surface area (Å²) in [6.45, 7) is 0.988. The zero-order valence-electron chi connectivity index (χ0n) is 16.9. The molecule has 1 atom stereocenters. The zero-order valence-corrected chi connectivity index (χ0v) is 18.5. The van der Waals surface area contributed by atoms with Gasteiger partial charge in [0.2, 0.25) is 10.0 Å². The molecule has 2 aromatic carbocycles. The fraction of sp³-hybridized carbons (Fsp3) is 0.435. The quantitative estimate of drug-likeness (QED) is 0.739. The number of nitrogens with zero attached hydrogens (tertiary/aromatic N) is 1. The molecular formula is C23H27ClN2O3S. The molecule has 2 aromatic rings. The van der Waals surface area contributed by atoms with Gasteiger partial charge in [-0.2, -0.15) is 4.31 Å². The van der Waals surface area contributed by atoms with Crippen LogP contribution in [0.4, 0.5) is 0 Å². The first-order chi connectivity index (χ1) is 14.5. The Morgan fingerprint density at radius 3 is 2.50 bits per heavy atom. The topological polar surface area (TPSA) is 66.5 Å². The smallest absolute Gasteiger partial charge is 0.251 e. The van der Waals surface area contributed by atoms with Crippen LogP contribution in [-0.4, -0.2) is 31.7 Å². The Morgan fingerprint density at radius 1 is 1.00 bits per heavy atom. The van der Waals surface area contributed by atoms with Crippen LogP contribution in [0.25, 0.3) is 0 Å². The van der Waals surface area contributed by atoms with E-state index < -0.39 is 10.0 Å². The lowest BCUT2D eigenvalue weighted by Gasteiger charge is -2.26. The molecule has 1 N–H and O–H groups in total. The molecule has 1 aliphatic heterocycles. The van der Waals surface area contributed by atoms with Crippen LogP contribution >= 0.6 is 11.6 Å². The fourth-order valence-corrected chi connectivity index (χ4v) is 6.43. The van der Waals surface area contributed by atoms with Gasteiger partial charge >= 0.3 is 0 Å². The summed E-state index contributed by atoms with van der Waals surface area (Å²) in [5, 5.41) is 3.24. The lowest BCUT2D eigenvalue weighted by atomic mass is 9.87. The molecular weight excluding hydrogens is 420 g/mol. The normalized spacial score (nSPS) is 20.2. The van der Waals surface area contributed by atoms with Crippen LogP contribution in [0.3, 0.4) is 0 Å². The summed E-state index contributed by atoms with van der Waals surface area (Å²) in [6.07, 6.45) is 6.65. The predicted molar refractivity (Wildman–Crippen MR) is 118 cm³/mol. The standard InChI is InChI=1S/C23H27ClN2O3S/c24-20-13-12-18(16-22(20)30(28,29)26-14-5-1-2-6-15-26)23(27)25-21-11-7-9-17-8-3-4-10-19(17)21/h3-4,8,10,12-13,16,21H,1-2,5-7,9,11,14-15H2,(H,25,27)/t21-/m0/s1. The van der Waals surface area contributed by atoms with E-state index in [1.54, 1.807) is 6.07 Å². The molecule has 1 heterocycles. The number of sulfonamides is 1. The Balaban J connectivity index is 1.58. The third kappa shape index (κ3) is 4.41. The number of nitrogens with one attached hydrogen (secondary N) is 1. The molecule has 7 heteroatoms. The maximum atomic E-state index is 13.2. The van der Waals surface area contributed by atoms with Crippen molar-refractivity contribution in [2.45, 2.75) is 55.9 Å². The summed E-state index contributed by atoms with van der Waals surface area (Å²) in [5.74, 6) is -0.277. The lowest BCUT2D eigenvalue weighted by Crippen LogP contribution is -2.33. The second-order valence-corrected chi connectivity index (χ2v) is 10.4. The number of aryl methyl sites for hydroxylation is 1. The summed E-state index contributed by atoms with van der Waals surface area (Å²) in [5.41, 5.74) is 2.72. The highest BCUT2D eigenvalue weighted by molar-refractivity contribution is 7.89. The molecule has 1 aliphatic carbocycles. The van der Waals surface area contributed by atoms with Crippen molar-refractivity contribution >= 4 is 27.5 Å². The molecule has 5 nitrogen and oxygen atoms in total. The molecule has 0 spiro atoms. The maximum absolute atomic E-state index is 13.2. The minimum atomic E-state index is -3.73. The van der Waals surface area contributed by atoms with Crippen molar-refractivity contribution in [1.29, 1.82) is 0 Å². The van der Waals surface area contributed by atoms with E-state index >= 15 is 0 Å². The number of halogens is 1. The van der Waals surface area contributed by atoms with Gasteiger partial charge in [-0.3, -0.25) is 4.79 Å². The van der Waals surface area contributed by atoms with Gasteiger partial charge in [0.25, 0.3) is 5.91 Å². The van der Waals surface area contributed by atoms with Crippen LogP contribution in [0.15, 0.2) is 47.4 Å². The Morgan fingerprint density at radius 2 is 1.73 bits per heavy atom. The van der Waals surface area contributed by atoms with Crippen molar-refractivity contribution in [3.8, 4) is 0 Å². The Kier molecular flexibility index (Phi) is 6.46. The van der Waals surface area contributed by atoms with Crippen LogP contribution in [0.2, 0.25) is 5.02 Å². The van der Waals surface area contributed by atoms with Crippen LogP contribution in [0.1, 0.15) is 66.1 Å². The molecule has 0 aromatic heterocycles. The van der Waals surface area contributed by atoms with Crippen LogP contribution in [-0.2, 0) is 16.4 Å². The first kappa shape index (κ1) is 21.3. The van der Waals surface area contributed by atoms with Gasteiger partial charge in [0.1, 0.15) is 4.90 Å². The second kappa shape index (κ2) is 9.08. The predicted octanol–water partition coefficient (Wildman–Crippen LogP) is 4.71. The van der Waals surface area contributed by atoms with Crippen molar-refractivity contribution in [2.75, 3.05) is 13.1 Å². The van der Waals surface area contributed by atoms with Gasteiger partial charge in [-0.05, 0) is 61.4 Å². The third-order valence-corrected chi connectivity index (χ3v) is 8.43. The van der Waals surface area contributed by atoms with Crippen LogP contribution in [0, 0.1) is 0 Å². The van der Waals surface area contributed by atoms with Gasteiger partial charge in [-0.1, -0.05) is 48.7 Å². The SMILES string of the molecule is O=C(N[C@H]1CCCc2ccccc21)c1ccc(Cl)c(S(=O)(=O)N2CCCCCC2)c1. The first-order valence-corrected chi connectivity index (χ1v) is 12.5. The van der Waals surface area contributed by atoms with Crippen molar-refractivity contribution in [3.63, 3.8) is 0 Å². The van der Waals surface area contributed by atoms with E-state index in [0.29, 0.717) is 18.7 Å². The zero-order chi connectivity index (χ0) is 21.1. The number of carbonyl (C=O) groups excluding carboxylic acids is 1. The molecule has 0 radical (unpaired) electrons. The highest BCUT2D eigenvalue weighted by atomic mass is 35.5. The van der Waals surface area contributed by atoms with E-state index in [1.807, 2.05) is 12.1 Å². The number of rotatable bonds is 4. The third-order valence-electron chi connectivity index (χ3n) is 6.05. The van der Waals surface area contributed by atoms with Crippen LogP contribution < -0.4 is 5.32 Å².